The van der Waals surface area contributed by atoms with E-state index < -0.39 is 11.6 Å². The zero-order valence-electron chi connectivity index (χ0n) is 17.4. The van der Waals surface area contributed by atoms with Gasteiger partial charge in [0, 0.05) is 37.2 Å². The molecule has 0 atom stereocenters. The quantitative estimate of drug-likeness (QED) is 0.554. The van der Waals surface area contributed by atoms with Gasteiger partial charge in [-0.3, -0.25) is 9.59 Å². The third kappa shape index (κ3) is 4.94. The van der Waals surface area contributed by atoms with Crippen LogP contribution in [-0.2, 0) is 11.2 Å². The molecule has 3 aromatic rings. The molecule has 0 bridgehead atoms. The van der Waals surface area contributed by atoms with Gasteiger partial charge < -0.3 is 10.6 Å². The molecule has 2 N–H and O–H groups in total. The molecule has 1 aromatic heterocycles. The Kier molecular flexibility index (Phi) is 6.74. The summed E-state index contributed by atoms with van der Waals surface area (Å²) in [5.74, 6) is -1.34. The van der Waals surface area contributed by atoms with Crippen LogP contribution in [0.4, 0.5) is 20.3 Å². The monoisotopic (exact) mass is 423 g/mol. The Bertz CT molecular complexity index is 1130. The molecule has 160 valence electrons. The van der Waals surface area contributed by atoms with E-state index in [4.69, 9.17) is 5.73 Å². The van der Waals surface area contributed by atoms with Gasteiger partial charge in [-0.15, -0.1) is 0 Å². The molecule has 0 saturated heterocycles. The second-order valence-corrected chi connectivity index (χ2v) is 7.14. The molecule has 0 radical (unpaired) electrons. The minimum absolute atomic E-state index is 0.123. The van der Waals surface area contributed by atoms with Crippen molar-refractivity contribution in [2.45, 2.75) is 26.2 Å². The summed E-state index contributed by atoms with van der Waals surface area (Å²) < 4.78 is 29.3. The van der Waals surface area contributed by atoms with Gasteiger partial charge in [-0.2, -0.15) is 0 Å². The van der Waals surface area contributed by atoms with Gasteiger partial charge in [0.1, 0.15) is 17.5 Å². The maximum Gasteiger partial charge on any atom is 0.226 e. The van der Waals surface area contributed by atoms with E-state index in [1.165, 1.54) is 36.2 Å². The summed E-state index contributed by atoms with van der Waals surface area (Å²) in [6.07, 6.45) is 2.38. The number of benzene rings is 2. The average Bonchev–Trinajstić information content (AvgIpc) is 2.77. The van der Waals surface area contributed by atoms with E-state index in [0.717, 1.165) is 11.6 Å². The number of nitrogens with zero attached hydrogens (tertiary/aromatic N) is 2. The second-order valence-electron chi connectivity index (χ2n) is 7.14. The summed E-state index contributed by atoms with van der Waals surface area (Å²) >= 11 is 0. The van der Waals surface area contributed by atoms with Gasteiger partial charge >= 0.3 is 0 Å². The lowest BCUT2D eigenvalue weighted by molar-refractivity contribution is -0.118. The maximum absolute atomic E-state index is 14.7. The van der Waals surface area contributed by atoms with Crippen molar-refractivity contribution < 1.29 is 18.4 Å². The highest BCUT2D eigenvalue weighted by molar-refractivity contribution is 5.97. The van der Waals surface area contributed by atoms with Crippen LogP contribution in [0.15, 0.2) is 54.7 Å². The fraction of sp³-hybridized carbons (Fsp3) is 0.208. The zero-order valence-corrected chi connectivity index (χ0v) is 17.4. The number of carbonyl (C=O) groups excluding carboxylic acids is 2. The SMILES string of the molecule is CCC(=O)N(C)c1ccc(-c2ccc(C(=O)CCc3cccnc3N)cc2F)cc1F. The molecule has 2 aromatic carbocycles. The van der Waals surface area contributed by atoms with Crippen molar-refractivity contribution in [3.63, 3.8) is 0 Å². The largest absolute Gasteiger partial charge is 0.383 e. The van der Waals surface area contributed by atoms with Gasteiger partial charge in [0.15, 0.2) is 5.78 Å². The molecule has 0 unspecified atom stereocenters. The van der Waals surface area contributed by atoms with Gasteiger partial charge in [0.25, 0.3) is 0 Å². The molecule has 31 heavy (non-hydrogen) atoms. The van der Waals surface area contributed by atoms with E-state index >= 15 is 0 Å². The van der Waals surface area contributed by atoms with Crippen molar-refractivity contribution in [2.24, 2.45) is 0 Å². The molecular formula is C24H23F2N3O2. The van der Waals surface area contributed by atoms with Crippen LogP contribution in [0.5, 0.6) is 0 Å². The number of anilines is 2. The van der Waals surface area contributed by atoms with Crippen LogP contribution in [0.1, 0.15) is 35.7 Å². The summed E-state index contributed by atoms with van der Waals surface area (Å²) in [6.45, 7) is 1.69. The number of pyridine rings is 1. The molecule has 0 aliphatic rings. The molecule has 3 rings (SSSR count). The normalized spacial score (nSPS) is 10.7. The van der Waals surface area contributed by atoms with Crippen molar-refractivity contribution in [2.75, 3.05) is 17.7 Å². The van der Waals surface area contributed by atoms with E-state index in [1.54, 1.807) is 31.3 Å². The van der Waals surface area contributed by atoms with Crippen molar-refractivity contribution in [1.29, 1.82) is 0 Å². The molecule has 1 amide bonds. The lowest BCUT2D eigenvalue weighted by atomic mass is 9.98. The third-order valence-corrected chi connectivity index (χ3v) is 5.14. The number of aryl methyl sites for hydroxylation is 1. The van der Waals surface area contributed by atoms with Crippen LogP contribution >= 0.6 is 0 Å². The van der Waals surface area contributed by atoms with Gasteiger partial charge in [-0.25, -0.2) is 13.8 Å². The summed E-state index contributed by atoms with van der Waals surface area (Å²) in [7, 11) is 1.49. The van der Waals surface area contributed by atoms with Crippen LogP contribution in [0, 0.1) is 11.6 Å². The number of carbonyl (C=O) groups is 2. The highest BCUT2D eigenvalue weighted by Crippen LogP contribution is 2.29. The molecule has 0 spiro atoms. The van der Waals surface area contributed by atoms with E-state index in [-0.39, 0.29) is 41.3 Å². The molecule has 0 aliphatic heterocycles. The number of ketones is 1. The number of Topliss-reactive ketones (excluding diaryl/α,β-unsaturated/α-hetero) is 1. The first kappa shape index (κ1) is 22.1. The van der Waals surface area contributed by atoms with E-state index in [0.29, 0.717) is 17.8 Å². The minimum atomic E-state index is -0.629. The molecule has 1 heterocycles. The average molecular weight is 423 g/mol. The predicted octanol–water partition coefficient (Wildman–Crippen LogP) is 4.80. The Hall–Kier alpha value is -3.61. The highest BCUT2D eigenvalue weighted by atomic mass is 19.1. The topological polar surface area (TPSA) is 76.3 Å². The fourth-order valence-corrected chi connectivity index (χ4v) is 3.30. The van der Waals surface area contributed by atoms with Crippen LogP contribution in [-0.4, -0.2) is 23.7 Å². The fourth-order valence-electron chi connectivity index (χ4n) is 3.30. The Labute approximate surface area is 179 Å². The lowest BCUT2D eigenvalue weighted by Gasteiger charge is -2.18. The Morgan fingerprint density at radius 1 is 1.06 bits per heavy atom. The number of hydrogen-bond donors (Lipinski definition) is 1. The molecule has 5 nitrogen and oxygen atoms in total. The lowest BCUT2D eigenvalue weighted by Crippen LogP contribution is -2.25. The predicted molar refractivity (Wildman–Crippen MR) is 117 cm³/mol. The van der Waals surface area contributed by atoms with Gasteiger partial charge in [-0.1, -0.05) is 31.2 Å². The number of nitrogens with two attached hydrogens (primary N) is 1. The maximum atomic E-state index is 14.7. The zero-order chi connectivity index (χ0) is 22.5. The van der Waals surface area contributed by atoms with Crippen molar-refractivity contribution in [1.82, 2.24) is 4.98 Å². The number of rotatable bonds is 7. The summed E-state index contributed by atoms with van der Waals surface area (Å²) in [4.78, 5) is 29.5. The Balaban J connectivity index is 1.77. The molecule has 7 heteroatoms. The number of nitrogen functional groups attached to an aromatic ring is 1. The van der Waals surface area contributed by atoms with Crippen LogP contribution < -0.4 is 10.6 Å². The first-order chi connectivity index (χ1) is 14.8. The van der Waals surface area contributed by atoms with Gasteiger partial charge in [-0.05, 0) is 41.8 Å². The first-order valence-electron chi connectivity index (χ1n) is 9.90. The van der Waals surface area contributed by atoms with Crippen molar-refractivity contribution >= 4 is 23.2 Å². The number of halogens is 2. The smallest absolute Gasteiger partial charge is 0.226 e. The van der Waals surface area contributed by atoms with Crippen LogP contribution in [0.25, 0.3) is 11.1 Å². The minimum Gasteiger partial charge on any atom is -0.383 e. The van der Waals surface area contributed by atoms with Crippen LogP contribution in [0.2, 0.25) is 0 Å². The van der Waals surface area contributed by atoms with Crippen LogP contribution in [0.3, 0.4) is 0 Å². The van der Waals surface area contributed by atoms with E-state index in [1.807, 2.05) is 0 Å². The molecular weight excluding hydrogens is 400 g/mol. The Morgan fingerprint density at radius 3 is 2.48 bits per heavy atom. The summed E-state index contributed by atoms with van der Waals surface area (Å²) in [6, 6.07) is 11.8. The van der Waals surface area contributed by atoms with E-state index in [2.05, 4.69) is 4.98 Å². The number of hydrogen-bond acceptors (Lipinski definition) is 4. The standard InChI is InChI=1S/C24H23F2N3O2/c1-3-23(31)29(2)21-10-7-16(13-20(21)26)18-9-6-17(14-19(18)25)22(30)11-8-15-5-4-12-28-24(15)27/h4-7,9-10,12-14H,3,8,11H2,1-2H3,(H2,27,28). The number of aromatic nitrogens is 1. The second kappa shape index (κ2) is 9.47. The number of amides is 1. The van der Waals surface area contributed by atoms with Gasteiger partial charge in [0.05, 0.1) is 5.69 Å². The van der Waals surface area contributed by atoms with Gasteiger partial charge in [0.2, 0.25) is 5.91 Å². The summed E-state index contributed by atoms with van der Waals surface area (Å²) in [5, 5.41) is 0. The first-order valence-corrected chi connectivity index (χ1v) is 9.90. The summed E-state index contributed by atoms with van der Waals surface area (Å²) in [5.41, 5.74) is 7.38. The van der Waals surface area contributed by atoms with Crippen molar-refractivity contribution in [3.8, 4) is 11.1 Å². The molecule has 0 saturated carbocycles. The molecule has 0 aliphatic carbocycles. The Morgan fingerprint density at radius 2 is 1.84 bits per heavy atom. The highest BCUT2D eigenvalue weighted by Gasteiger charge is 2.16. The van der Waals surface area contributed by atoms with Crippen molar-refractivity contribution in [3.05, 3.63) is 77.5 Å². The third-order valence-electron chi connectivity index (χ3n) is 5.14. The molecule has 0 fully saturated rings. The van der Waals surface area contributed by atoms with E-state index in [9.17, 15) is 18.4 Å².